The molecule has 0 bridgehead atoms. The van der Waals surface area contributed by atoms with E-state index in [0.29, 0.717) is 6.54 Å². The van der Waals surface area contributed by atoms with Crippen LogP contribution in [0.2, 0.25) is 0 Å². The normalized spacial score (nSPS) is 21.4. The summed E-state index contributed by atoms with van der Waals surface area (Å²) in [6.07, 6.45) is 9.57. The number of aryl methyl sites for hydroxylation is 1. The molecule has 3 aliphatic heterocycles. The summed E-state index contributed by atoms with van der Waals surface area (Å²) in [6, 6.07) is 4.19. The Labute approximate surface area is 163 Å². The summed E-state index contributed by atoms with van der Waals surface area (Å²) in [6.45, 7) is 4.59. The number of fused-ring (bicyclic) bond motifs is 1. The van der Waals surface area contributed by atoms with Gasteiger partial charge in [-0.3, -0.25) is 9.67 Å². The van der Waals surface area contributed by atoms with Gasteiger partial charge < -0.3 is 20.4 Å². The summed E-state index contributed by atoms with van der Waals surface area (Å²) < 4.78 is 1.82. The van der Waals surface area contributed by atoms with E-state index >= 15 is 0 Å². The van der Waals surface area contributed by atoms with Crippen molar-refractivity contribution in [3.63, 3.8) is 0 Å². The lowest BCUT2D eigenvalue weighted by atomic mass is 10.1. The molecular formula is C19H23N9. The second-order valence-corrected chi connectivity index (χ2v) is 7.08. The minimum absolute atomic E-state index is 0.154. The first-order chi connectivity index (χ1) is 13.8. The van der Waals surface area contributed by atoms with E-state index in [-0.39, 0.29) is 6.04 Å². The molecule has 5 rings (SSSR count). The molecule has 5 heterocycles. The number of hydrogen-bond donors (Lipinski definition) is 2. The molecular weight excluding hydrogens is 354 g/mol. The number of aromatic nitrogens is 3. The third-order valence-corrected chi connectivity index (χ3v) is 5.20. The number of rotatable bonds is 3. The molecule has 1 unspecified atom stereocenters. The van der Waals surface area contributed by atoms with Crippen molar-refractivity contribution in [2.45, 2.75) is 6.04 Å². The number of anilines is 2. The maximum absolute atomic E-state index is 4.74. The van der Waals surface area contributed by atoms with E-state index in [0.717, 1.165) is 54.9 Å². The molecule has 9 heteroatoms. The number of nitrogens with zero attached hydrogens (tertiary/aromatic N) is 7. The van der Waals surface area contributed by atoms with Crippen LogP contribution in [-0.4, -0.2) is 64.1 Å². The van der Waals surface area contributed by atoms with E-state index in [1.165, 1.54) is 0 Å². The number of nitrogens with one attached hydrogen (secondary N) is 2. The summed E-state index contributed by atoms with van der Waals surface area (Å²) in [4.78, 5) is 18.3. The molecule has 1 fully saturated rings. The van der Waals surface area contributed by atoms with Crippen LogP contribution >= 0.6 is 0 Å². The first-order valence-corrected chi connectivity index (χ1v) is 9.53. The minimum atomic E-state index is 0.154. The van der Waals surface area contributed by atoms with Gasteiger partial charge in [-0.25, -0.2) is 9.98 Å². The number of hydrogen-bond acceptors (Lipinski definition) is 8. The molecule has 0 aliphatic carbocycles. The molecule has 9 nitrogen and oxygen atoms in total. The SMILES string of the molecule is Cn1cc(C2CN=C3C(Nc4ccnc(N5CCNCC5)c4)=NC=CN32)cn1. The van der Waals surface area contributed by atoms with Crippen LogP contribution in [0.3, 0.4) is 0 Å². The quantitative estimate of drug-likeness (QED) is 0.829. The number of piperazine rings is 1. The Balaban J connectivity index is 1.34. The lowest BCUT2D eigenvalue weighted by molar-refractivity contribution is 0.458. The molecule has 0 spiro atoms. The number of pyridine rings is 1. The minimum Gasteiger partial charge on any atom is -0.354 e. The molecule has 2 N–H and O–H groups in total. The Morgan fingerprint density at radius 3 is 2.96 bits per heavy atom. The van der Waals surface area contributed by atoms with Gasteiger partial charge in [-0.05, 0) is 6.07 Å². The van der Waals surface area contributed by atoms with Crippen LogP contribution in [0.25, 0.3) is 0 Å². The summed E-state index contributed by atoms with van der Waals surface area (Å²) in [5, 5.41) is 11.1. The molecule has 1 atom stereocenters. The van der Waals surface area contributed by atoms with Crippen LogP contribution < -0.4 is 15.5 Å². The zero-order valence-electron chi connectivity index (χ0n) is 15.8. The Hall–Kier alpha value is -3.20. The lowest BCUT2D eigenvalue weighted by Gasteiger charge is -2.29. The molecule has 2 aromatic rings. The van der Waals surface area contributed by atoms with E-state index < -0.39 is 0 Å². The zero-order chi connectivity index (χ0) is 18.9. The smallest absolute Gasteiger partial charge is 0.173 e. The van der Waals surface area contributed by atoms with Gasteiger partial charge in [0, 0.05) is 75.3 Å². The van der Waals surface area contributed by atoms with E-state index in [2.05, 4.69) is 41.6 Å². The third-order valence-electron chi connectivity index (χ3n) is 5.20. The average Bonchev–Trinajstić information content (AvgIpc) is 3.35. The van der Waals surface area contributed by atoms with Crippen molar-refractivity contribution >= 4 is 23.2 Å². The van der Waals surface area contributed by atoms with Crippen molar-refractivity contribution in [1.82, 2.24) is 25.0 Å². The molecule has 0 amide bonds. The van der Waals surface area contributed by atoms with Crippen molar-refractivity contribution in [1.29, 1.82) is 0 Å². The Morgan fingerprint density at radius 1 is 1.25 bits per heavy atom. The Kier molecular flexibility index (Phi) is 4.28. The van der Waals surface area contributed by atoms with Crippen molar-refractivity contribution < 1.29 is 0 Å². The fourth-order valence-corrected chi connectivity index (χ4v) is 3.77. The highest BCUT2D eigenvalue weighted by Crippen LogP contribution is 2.29. The van der Waals surface area contributed by atoms with Crippen molar-refractivity contribution in [3.8, 4) is 0 Å². The Bertz CT molecular complexity index is 952. The average molecular weight is 377 g/mol. The van der Waals surface area contributed by atoms with E-state index in [1.807, 2.05) is 48.8 Å². The fourth-order valence-electron chi connectivity index (χ4n) is 3.77. The second kappa shape index (κ2) is 7.08. The summed E-state index contributed by atoms with van der Waals surface area (Å²) in [5.41, 5.74) is 2.11. The molecule has 0 aromatic carbocycles. The van der Waals surface area contributed by atoms with Gasteiger partial charge in [0.05, 0.1) is 18.8 Å². The highest BCUT2D eigenvalue weighted by Gasteiger charge is 2.32. The van der Waals surface area contributed by atoms with Gasteiger partial charge in [0.1, 0.15) is 5.82 Å². The van der Waals surface area contributed by atoms with Crippen LogP contribution in [0.1, 0.15) is 11.6 Å². The highest BCUT2D eigenvalue weighted by atomic mass is 15.3. The van der Waals surface area contributed by atoms with E-state index in [1.54, 1.807) is 0 Å². The summed E-state index contributed by atoms with van der Waals surface area (Å²) in [5.74, 6) is 2.60. The van der Waals surface area contributed by atoms with E-state index in [4.69, 9.17) is 4.99 Å². The van der Waals surface area contributed by atoms with Crippen LogP contribution in [0.15, 0.2) is 53.1 Å². The summed E-state index contributed by atoms with van der Waals surface area (Å²) >= 11 is 0. The largest absolute Gasteiger partial charge is 0.354 e. The molecule has 3 aliphatic rings. The monoisotopic (exact) mass is 377 g/mol. The third kappa shape index (κ3) is 3.13. The molecule has 0 radical (unpaired) electrons. The van der Waals surface area contributed by atoms with Gasteiger partial charge in [0.25, 0.3) is 0 Å². The van der Waals surface area contributed by atoms with Gasteiger partial charge >= 0.3 is 0 Å². The van der Waals surface area contributed by atoms with Gasteiger partial charge in [-0.2, -0.15) is 5.10 Å². The highest BCUT2D eigenvalue weighted by molar-refractivity contribution is 6.45. The number of aliphatic imine (C=N–C) groups is 2. The maximum atomic E-state index is 4.74. The van der Waals surface area contributed by atoms with Gasteiger partial charge in [0.15, 0.2) is 11.7 Å². The number of amidine groups is 2. The van der Waals surface area contributed by atoms with Crippen LogP contribution in [0.5, 0.6) is 0 Å². The van der Waals surface area contributed by atoms with Crippen molar-refractivity contribution in [2.24, 2.45) is 17.0 Å². The predicted octanol–water partition coefficient (Wildman–Crippen LogP) is 0.975. The molecule has 28 heavy (non-hydrogen) atoms. The molecule has 1 saturated heterocycles. The lowest BCUT2D eigenvalue weighted by Crippen LogP contribution is -2.43. The first-order valence-electron chi connectivity index (χ1n) is 9.53. The van der Waals surface area contributed by atoms with Crippen molar-refractivity contribution in [2.75, 3.05) is 42.9 Å². The van der Waals surface area contributed by atoms with Crippen molar-refractivity contribution in [3.05, 3.63) is 48.7 Å². The van der Waals surface area contributed by atoms with Crippen LogP contribution in [0, 0.1) is 0 Å². The Morgan fingerprint density at radius 2 is 2.14 bits per heavy atom. The molecule has 2 aromatic heterocycles. The topological polar surface area (TPSA) is 86.0 Å². The van der Waals surface area contributed by atoms with E-state index in [9.17, 15) is 0 Å². The van der Waals surface area contributed by atoms with Gasteiger partial charge in [0.2, 0.25) is 0 Å². The fraction of sp³-hybridized carbons (Fsp3) is 0.368. The predicted molar refractivity (Wildman–Crippen MR) is 110 cm³/mol. The van der Waals surface area contributed by atoms with Gasteiger partial charge in [-0.15, -0.1) is 0 Å². The standard InChI is InChI=1S/C19H23N9/c1-26-13-14(11-24-26)16-12-23-19-18(22-6-9-28(16)19)25-15-2-3-21-17(10-15)27-7-4-20-5-8-27/h2-3,6,9-11,13,16,20H,4-5,7-8,12H2,1H3,(H,21,22,25). The van der Waals surface area contributed by atoms with Crippen LogP contribution in [-0.2, 0) is 7.05 Å². The first kappa shape index (κ1) is 16.9. The zero-order valence-corrected chi connectivity index (χ0v) is 15.8. The summed E-state index contributed by atoms with van der Waals surface area (Å²) in [7, 11) is 1.93. The maximum Gasteiger partial charge on any atom is 0.173 e. The van der Waals surface area contributed by atoms with Gasteiger partial charge in [-0.1, -0.05) is 0 Å². The van der Waals surface area contributed by atoms with Crippen LogP contribution in [0.4, 0.5) is 11.5 Å². The second-order valence-electron chi connectivity index (χ2n) is 7.08. The molecule has 144 valence electrons. The molecule has 0 saturated carbocycles.